The number of hydrogen-bond donors (Lipinski definition) is 1. The summed E-state index contributed by atoms with van der Waals surface area (Å²) in [6.07, 6.45) is 2.53. The molecule has 1 heterocycles. The molecular weight excluding hydrogens is 340 g/mol. The van der Waals surface area contributed by atoms with Gasteiger partial charge in [0.1, 0.15) is 6.10 Å². The Morgan fingerprint density at radius 1 is 1.24 bits per heavy atom. The summed E-state index contributed by atoms with van der Waals surface area (Å²) in [5.41, 5.74) is 0.849. The first kappa shape index (κ1) is 20.0. The number of urea groups is 1. The third kappa shape index (κ3) is 5.33. The fraction of sp³-hybridized carbons (Fsp3) is 0.632. The second-order valence-corrected chi connectivity index (χ2v) is 7.38. The average Bonchev–Trinajstić information content (AvgIpc) is 2.80. The Bertz CT molecular complexity index is 566. The number of hydrogen-bond acceptors (Lipinski definition) is 3. The lowest BCUT2D eigenvalue weighted by Crippen LogP contribution is -2.46. The van der Waals surface area contributed by atoms with Crippen molar-refractivity contribution in [1.29, 1.82) is 0 Å². The predicted octanol–water partition coefficient (Wildman–Crippen LogP) is 4.02. The number of amides is 2. The number of nitrogens with zero attached hydrogens (tertiary/aromatic N) is 1. The van der Waals surface area contributed by atoms with Crippen LogP contribution in [-0.2, 0) is 9.47 Å². The van der Waals surface area contributed by atoms with Gasteiger partial charge in [-0.2, -0.15) is 0 Å². The second kappa shape index (κ2) is 8.88. The van der Waals surface area contributed by atoms with E-state index in [0.717, 1.165) is 31.4 Å². The minimum absolute atomic E-state index is 0.0520. The summed E-state index contributed by atoms with van der Waals surface area (Å²) >= 11 is 5.95. The van der Waals surface area contributed by atoms with Gasteiger partial charge in [0.05, 0.1) is 11.6 Å². The van der Waals surface area contributed by atoms with E-state index in [-0.39, 0.29) is 23.8 Å². The molecule has 1 aliphatic rings. The van der Waals surface area contributed by atoms with Crippen molar-refractivity contribution in [3.05, 3.63) is 34.9 Å². The number of halogens is 1. The Kier molecular flexibility index (Phi) is 7.11. The number of carbonyl (C=O) groups excluding carboxylic acids is 1. The second-order valence-electron chi connectivity index (χ2n) is 6.94. The molecule has 0 radical (unpaired) electrons. The van der Waals surface area contributed by atoms with E-state index in [2.05, 4.69) is 12.2 Å². The first-order valence-electron chi connectivity index (χ1n) is 8.77. The maximum Gasteiger partial charge on any atom is 0.317 e. The molecule has 1 saturated heterocycles. The Morgan fingerprint density at radius 2 is 1.92 bits per heavy atom. The molecule has 25 heavy (non-hydrogen) atoms. The van der Waals surface area contributed by atoms with E-state index in [1.165, 1.54) is 0 Å². The summed E-state index contributed by atoms with van der Waals surface area (Å²) in [6, 6.07) is 7.31. The molecule has 0 saturated carbocycles. The Balaban J connectivity index is 1.97. The van der Waals surface area contributed by atoms with Gasteiger partial charge in [-0.3, -0.25) is 0 Å². The van der Waals surface area contributed by atoms with Gasteiger partial charge >= 0.3 is 6.03 Å². The molecular formula is C19H29ClN2O3. The number of nitrogens with one attached hydrogen (secondary N) is 1. The SMILES string of the molecule is COC(c1ccc(Cl)cc1)C(C)NC(=O)N1CCCC(C)(OC)CC1. The van der Waals surface area contributed by atoms with Gasteiger partial charge in [0, 0.05) is 32.3 Å². The third-order valence-electron chi connectivity index (χ3n) is 5.08. The molecule has 2 rings (SSSR count). The van der Waals surface area contributed by atoms with Gasteiger partial charge in [0.15, 0.2) is 0 Å². The number of ether oxygens (including phenoxy) is 2. The van der Waals surface area contributed by atoms with Crippen LogP contribution in [0.1, 0.15) is 44.8 Å². The van der Waals surface area contributed by atoms with Gasteiger partial charge < -0.3 is 19.7 Å². The fourth-order valence-electron chi connectivity index (χ4n) is 3.30. The quantitative estimate of drug-likeness (QED) is 0.854. The highest BCUT2D eigenvalue weighted by Crippen LogP contribution is 2.26. The smallest absolute Gasteiger partial charge is 0.317 e. The minimum Gasteiger partial charge on any atom is -0.378 e. The molecule has 3 unspecified atom stereocenters. The number of rotatable bonds is 5. The molecule has 1 aromatic carbocycles. The number of carbonyl (C=O) groups is 1. The molecule has 1 N–H and O–H groups in total. The molecule has 6 heteroatoms. The van der Waals surface area contributed by atoms with Crippen LogP contribution in [-0.4, -0.2) is 49.9 Å². The van der Waals surface area contributed by atoms with E-state index < -0.39 is 0 Å². The molecule has 1 fully saturated rings. The monoisotopic (exact) mass is 368 g/mol. The van der Waals surface area contributed by atoms with Crippen LogP contribution in [0.2, 0.25) is 5.02 Å². The van der Waals surface area contributed by atoms with Gasteiger partial charge in [0.2, 0.25) is 0 Å². The Hall–Kier alpha value is -1.30. The van der Waals surface area contributed by atoms with Gasteiger partial charge in [-0.05, 0) is 50.8 Å². The van der Waals surface area contributed by atoms with Crippen molar-refractivity contribution in [2.75, 3.05) is 27.3 Å². The highest BCUT2D eigenvalue weighted by molar-refractivity contribution is 6.30. The van der Waals surface area contributed by atoms with Crippen LogP contribution in [0.15, 0.2) is 24.3 Å². The standard InChI is InChI=1S/C19H29ClN2O3/c1-14(17(24-3)15-6-8-16(20)9-7-15)21-18(23)22-12-5-10-19(2,25-4)11-13-22/h6-9,14,17H,5,10-13H2,1-4H3,(H,21,23). The van der Waals surface area contributed by atoms with Crippen LogP contribution >= 0.6 is 11.6 Å². The topological polar surface area (TPSA) is 50.8 Å². The average molecular weight is 369 g/mol. The highest BCUT2D eigenvalue weighted by atomic mass is 35.5. The minimum atomic E-state index is -0.225. The zero-order chi connectivity index (χ0) is 18.4. The number of methoxy groups -OCH3 is 2. The molecule has 140 valence electrons. The van der Waals surface area contributed by atoms with E-state index in [4.69, 9.17) is 21.1 Å². The van der Waals surface area contributed by atoms with Crippen molar-refractivity contribution in [1.82, 2.24) is 10.2 Å². The normalized spacial score (nSPS) is 23.6. The maximum absolute atomic E-state index is 12.7. The molecule has 1 aromatic rings. The van der Waals surface area contributed by atoms with Crippen LogP contribution in [0, 0.1) is 0 Å². The summed E-state index contributed by atoms with van der Waals surface area (Å²) in [4.78, 5) is 14.5. The molecule has 0 bridgehead atoms. The molecule has 0 spiro atoms. The van der Waals surface area contributed by atoms with Crippen molar-refractivity contribution >= 4 is 17.6 Å². The molecule has 2 amide bonds. The summed E-state index contributed by atoms with van der Waals surface area (Å²) in [5.74, 6) is 0. The van der Waals surface area contributed by atoms with Crippen LogP contribution in [0.25, 0.3) is 0 Å². The summed E-state index contributed by atoms with van der Waals surface area (Å²) in [7, 11) is 3.39. The van der Waals surface area contributed by atoms with E-state index in [1.54, 1.807) is 14.2 Å². The zero-order valence-corrected chi connectivity index (χ0v) is 16.3. The van der Waals surface area contributed by atoms with Crippen LogP contribution in [0.5, 0.6) is 0 Å². The van der Waals surface area contributed by atoms with Gasteiger partial charge in [-0.1, -0.05) is 23.7 Å². The van der Waals surface area contributed by atoms with Crippen molar-refractivity contribution < 1.29 is 14.3 Å². The van der Waals surface area contributed by atoms with E-state index >= 15 is 0 Å². The van der Waals surface area contributed by atoms with Crippen molar-refractivity contribution in [3.63, 3.8) is 0 Å². The zero-order valence-electron chi connectivity index (χ0n) is 15.5. The first-order valence-corrected chi connectivity index (χ1v) is 9.15. The molecule has 3 atom stereocenters. The molecule has 1 aliphatic heterocycles. The maximum atomic E-state index is 12.7. The van der Waals surface area contributed by atoms with E-state index in [9.17, 15) is 4.79 Å². The van der Waals surface area contributed by atoms with Gasteiger partial charge in [-0.15, -0.1) is 0 Å². The molecule has 5 nitrogen and oxygen atoms in total. The van der Waals surface area contributed by atoms with Crippen LogP contribution in [0.3, 0.4) is 0 Å². The number of benzene rings is 1. The van der Waals surface area contributed by atoms with Gasteiger partial charge in [0.25, 0.3) is 0 Å². The molecule has 0 aromatic heterocycles. The van der Waals surface area contributed by atoms with Crippen LogP contribution in [0.4, 0.5) is 4.79 Å². The summed E-state index contributed by atoms with van der Waals surface area (Å²) < 4.78 is 11.2. The summed E-state index contributed by atoms with van der Waals surface area (Å²) in [6.45, 7) is 5.51. The summed E-state index contributed by atoms with van der Waals surface area (Å²) in [5, 5.41) is 3.76. The lowest BCUT2D eigenvalue weighted by atomic mass is 9.97. The van der Waals surface area contributed by atoms with Crippen molar-refractivity contribution in [2.45, 2.75) is 50.9 Å². The highest BCUT2D eigenvalue weighted by Gasteiger charge is 2.30. The van der Waals surface area contributed by atoms with Crippen molar-refractivity contribution in [3.8, 4) is 0 Å². The van der Waals surface area contributed by atoms with E-state index in [1.807, 2.05) is 36.1 Å². The van der Waals surface area contributed by atoms with E-state index in [0.29, 0.717) is 11.6 Å². The lowest BCUT2D eigenvalue weighted by molar-refractivity contribution is -0.00506. The largest absolute Gasteiger partial charge is 0.378 e. The van der Waals surface area contributed by atoms with Gasteiger partial charge in [-0.25, -0.2) is 4.79 Å². The Labute approximate surface area is 155 Å². The fourth-order valence-corrected chi connectivity index (χ4v) is 3.43. The third-order valence-corrected chi connectivity index (χ3v) is 5.33. The predicted molar refractivity (Wildman–Crippen MR) is 100 cm³/mol. The Morgan fingerprint density at radius 3 is 2.52 bits per heavy atom. The number of likely N-dealkylation sites (tertiary alicyclic amines) is 1. The first-order chi connectivity index (χ1) is 11.9. The van der Waals surface area contributed by atoms with Crippen LogP contribution < -0.4 is 5.32 Å². The molecule has 0 aliphatic carbocycles. The lowest BCUT2D eigenvalue weighted by Gasteiger charge is -2.29. The van der Waals surface area contributed by atoms with Crippen molar-refractivity contribution in [2.24, 2.45) is 0 Å².